The molecule has 5 nitrogen and oxygen atoms in total. The van der Waals surface area contributed by atoms with E-state index in [4.69, 9.17) is 0 Å². The van der Waals surface area contributed by atoms with Crippen molar-refractivity contribution in [2.24, 2.45) is 0 Å². The molecule has 6 heteroatoms. The summed E-state index contributed by atoms with van der Waals surface area (Å²) in [4.78, 5) is 13.2. The van der Waals surface area contributed by atoms with E-state index in [1.165, 1.54) is 36.4 Å². The Morgan fingerprint density at radius 1 is 1.04 bits per heavy atom. The van der Waals surface area contributed by atoms with Crippen LogP contribution in [0.5, 0.6) is 0 Å². The molecule has 2 fully saturated rings. The van der Waals surface area contributed by atoms with E-state index in [0.29, 0.717) is 5.56 Å². The van der Waals surface area contributed by atoms with Crippen LogP contribution < -0.4 is 4.90 Å². The summed E-state index contributed by atoms with van der Waals surface area (Å²) < 4.78 is 0. The van der Waals surface area contributed by atoms with Gasteiger partial charge in [0.25, 0.3) is 0 Å². The monoisotopic (exact) mass is 367 g/mol. The molecule has 0 radical (unpaired) electrons. The molecule has 0 saturated carbocycles. The molecule has 4 rings (SSSR count). The summed E-state index contributed by atoms with van der Waals surface area (Å²) in [6.45, 7) is 8.54. The number of nitriles is 1. The van der Waals surface area contributed by atoms with E-state index >= 15 is 0 Å². The van der Waals surface area contributed by atoms with Gasteiger partial charge in [0.15, 0.2) is 0 Å². The molecule has 26 heavy (non-hydrogen) atoms. The van der Waals surface area contributed by atoms with Crippen molar-refractivity contribution in [3.63, 3.8) is 0 Å². The molecule has 0 amide bonds. The zero-order valence-corrected chi connectivity index (χ0v) is 15.9. The number of hydrogen-bond donors (Lipinski definition) is 0. The summed E-state index contributed by atoms with van der Waals surface area (Å²) in [5.41, 5.74) is 2.14. The topological polar surface area (TPSA) is 46.4 Å². The van der Waals surface area contributed by atoms with Gasteiger partial charge in [0, 0.05) is 50.3 Å². The van der Waals surface area contributed by atoms with E-state index < -0.39 is 0 Å². The molecule has 0 aliphatic carbocycles. The maximum Gasteiger partial charge on any atom is 0.146 e. The van der Waals surface area contributed by atoms with Gasteiger partial charge in [-0.25, -0.2) is 4.98 Å². The minimum Gasteiger partial charge on any atom is -0.353 e. The molecule has 0 aromatic carbocycles. The summed E-state index contributed by atoms with van der Waals surface area (Å²) in [7, 11) is 0. The van der Waals surface area contributed by atoms with E-state index in [2.05, 4.69) is 37.2 Å². The zero-order chi connectivity index (χ0) is 17.8. The van der Waals surface area contributed by atoms with Gasteiger partial charge in [-0.15, -0.1) is 11.3 Å². The van der Waals surface area contributed by atoms with Crippen molar-refractivity contribution in [3.8, 4) is 6.07 Å². The third-order valence-corrected chi connectivity index (χ3v) is 6.24. The Morgan fingerprint density at radius 3 is 2.58 bits per heavy atom. The van der Waals surface area contributed by atoms with Crippen LogP contribution in [0.3, 0.4) is 0 Å². The van der Waals surface area contributed by atoms with Gasteiger partial charge in [-0.05, 0) is 55.1 Å². The Balaban J connectivity index is 1.30. The van der Waals surface area contributed by atoms with Crippen LogP contribution in [0.15, 0.2) is 29.8 Å². The maximum absolute atomic E-state index is 9.27. The maximum atomic E-state index is 9.27. The van der Waals surface area contributed by atoms with Gasteiger partial charge in [0.1, 0.15) is 11.9 Å². The van der Waals surface area contributed by atoms with Crippen LogP contribution in [0.4, 0.5) is 5.82 Å². The first-order valence-corrected chi connectivity index (χ1v) is 10.3. The lowest BCUT2D eigenvalue weighted by molar-refractivity contribution is 0.251. The molecular formula is C20H25N5S. The highest BCUT2D eigenvalue weighted by atomic mass is 32.1. The van der Waals surface area contributed by atoms with E-state index in [1.807, 2.05) is 23.5 Å². The molecule has 2 saturated heterocycles. The highest BCUT2D eigenvalue weighted by molar-refractivity contribution is 7.10. The standard InChI is InChI=1S/C20H25N5S/c21-13-18-4-3-5-22-20(18)25-10-8-24(9-11-25)15-19-12-17(16-26-19)14-23-6-1-2-7-23/h3-5,12,16H,1-2,6-11,14-15H2. The fourth-order valence-electron chi connectivity index (χ4n) is 3.87. The summed E-state index contributed by atoms with van der Waals surface area (Å²) >= 11 is 1.89. The summed E-state index contributed by atoms with van der Waals surface area (Å²) in [5, 5.41) is 11.6. The lowest BCUT2D eigenvalue weighted by Crippen LogP contribution is -2.46. The minimum absolute atomic E-state index is 0.672. The second-order valence-electron chi connectivity index (χ2n) is 7.15. The Kier molecular flexibility index (Phi) is 5.49. The van der Waals surface area contributed by atoms with Crippen molar-refractivity contribution in [3.05, 3.63) is 45.8 Å². The first-order chi connectivity index (χ1) is 12.8. The van der Waals surface area contributed by atoms with Gasteiger partial charge in [0.05, 0.1) is 5.56 Å². The number of likely N-dealkylation sites (tertiary alicyclic amines) is 1. The van der Waals surface area contributed by atoms with Gasteiger partial charge in [-0.3, -0.25) is 9.80 Å². The van der Waals surface area contributed by atoms with Crippen LogP contribution in [-0.4, -0.2) is 54.1 Å². The molecule has 0 unspecified atom stereocenters. The molecule has 0 bridgehead atoms. The second-order valence-corrected chi connectivity index (χ2v) is 8.15. The summed E-state index contributed by atoms with van der Waals surface area (Å²) in [5.74, 6) is 0.832. The number of thiophene rings is 1. The number of pyridine rings is 1. The van der Waals surface area contributed by atoms with E-state index in [-0.39, 0.29) is 0 Å². The predicted octanol–water partition coefficient (Wildman–Crippen LogP) is 2.93. The van der Waals surface area contributed by atoms with Gasteiger partial charge in [-0.2, -0.15) is 5.26 Å². The second kappa shape index (κ2) is 8.17. The first-order valence-electron chi connectivity index (χ1n) is 9.43. The molecule has 2 aromatic heterocycles. The van der Waals surface area contributed by atoms with Crippen molar-refractivity contribution >= 4 is 17.2 Å². The fraction of sp³-hybridized carbons (Fsp3) is 0.500. The fourth-order valence-corrected chi connectivity index (χ4v) is 4.79. The van der Waals surface area contributed by atoms with Crippen molar-refractivity contribution in [1.82, 2.24) is 14.8 Å². The minimum atomic E-state index is 0.672. The average Bonchev–Trinajstić information content (AvgIpc) is 3.35. The SMILES string of the molecule is N#Cc1cccnc1N1CCN(Cc2cc(CN3CCCC3)cs2)CC1. The lowest BCUT2D eigenvalue weighted by atomic mass is 10.2. The van der Waals surface area contributed by atoms with Crippen LogP contribution >= 0.6 is 11.3 Å². The summed E-state index contributed by atoms with van der Waals surface area (Å²) in [6.07, 6.45) is 4.48. The number of aromatic nitrogens is 1. The molecular weight excluding hydrogens is 342 g/mol. The highest BCUT2D eigenvalue weighted by Gasteiger charge is 2.21. The largest absolute Gasteiger partial charge is 0.353 e. The van der Waals surface area contributed by atoms with Crippen molar-refractivity contribution in [2.45, 2.75) is 25.9 Å². The molecule has 2 aromatic rings. The van der Waals surface area contributed by atoms with Crippen LogP contribution in [0.2, 0.25) is 0 Å². The number of piperazine rings is 1. The third kappa shape index (κ3) is 4.07. The lowest BCUT2D eigenvalue weighted by Gasteiger charge is -2.35. The van der Waals surface area contributed by atoms with Gasteiger partial charge >= 0.3 is 0 Å². The Labute approximate surface area is 159 Å². The number of nitrogens with zero attached hydrogens (tertiary/aromatic N) is 5. The van der Waals surface area contributed by atoms with Crippen LogP contribution in [0.25, 0.3) is 0 Å². The van der Waals surface area contributed by atoms with Crippen molar-refractivity contribution in [1.29, 1.82) is 5.26 Å². The Morgan fingerprint density at radius 2 is 1.81 bits per heavy atom. The number of hydrogen-bond acceptors (Lipinski definition) is 6. The normalized spacial score (nSPS) is 19.0. The van der Waals surface area contributed by atoms with Crippen LogP contribution in [0.1, 0.15) is 28.8 Å². The van der Waals surface area contributed by atoms with E-state index in [1.54, 1.807) is 6.20 Å². The van der Waals surface area contributed by atoms with E-state index in [0.717, 1.165) is 45.1 Å². The smallest absolute Gasteiger partial charge is 0.146 e. The summed E-state index contributed by atoms with van der Waals surface area (Å²) in [6, 6.07) is 8.32. The zero-order valence-electron chi connectivity index (χ0n) is 15.1. The molecule has 4 heterocycles. The van der Waals surface area contributed by atoms with E-state index in [9.17, 15) is 5.26 Å². The highest BCUT2D eigenvalue weighted by Crippen LogP contribution is 2.22. The molecule has 2 aliphatic rings. The number of rotatable bonds is 5. The van der Waals surface area contributed by atoms with Crippen molar-refractivity contribution in [2.75, 3.05) is 44.2 Å². The Bertz CT molecular complexity index is 767. The average molecular weight is 368 g/mol. The Hall–Kier alpha value is -1.94. The van der Waals surface area contributed by atoms with Gasteiger partial charge < -0.3 is 4.90 Å². The molecule has 2 aliphatic heterocycles. The predicted molar refractivity (Wildman–Crippen MR) is 105 cm³/mol. The van der Waals surface area contributed by atoms with Crippen LogP contribution in [-0.2, 0) is 13.1 Å². The van der Waals surface area contributed by atoms with Crippen LogP contribution in [0, 0.1) is 11.3 Å². The molecule has 0 spiro atoms. The molecule has 136 valence electrons. The third-order valence-electron chi connectivity index (χ3n) is 5.27. The van der Waals surface area contributed by atoms with Gasteiger partial charge in [0.2, 0.25) is 0 Å². The van der Waals surface area contributed by atoms with Gasteiger partial charge in [-0.1, -0.05) is 0 Å². The molecule has 0 N–H and O–H groups in total. The number of anilines is 1. The quantitative estimate of drug-likeness (QED) is 0.813. The first kappa shape index (κ1) is 17.5. The van der Waals surface area contributed by atoms with Crippen molar-refractivity contribution < 1.29 is 0 Å². The molecule has 0 atom stereocenters.